The number of nitrogens with one attached hydrogen (secondary N) is 1. The Morgan fingerprint density at radius 3 is 1.72 bits per heavy atom. The fraction of sp³-hybridized carbons (Fsp3) is 0.733. The molecule has 0 amide bonds. The Morgan fingerprint density at radius 1 is 0.944 bits per heavy atom. The van der Waals surface area contributed by atoms with Gasteiger partial charge in [-0.25, -0.2) is 9.97 Å². The first-order valence-electron chi connectivity index (χ1n) is 6.83. The zero-order valence-electron chi connectivity index (χ0n) is 12.5. The van der Waals surface area contributed by atoms with Gasteiger partial charge in [-0.2, -0.15) is 0 Å². The number of hydrogen-bond donors (Lipinski definition) is 1. The van der Waals surface area contributed by atoms with Crippen LogP contribution in [0.2, 0.25) is 0 Å². The summed E-state index contributed by atoms with van der Waals surface area (Å²) in [5.41, 5.74) is 2.35. The van der Waals surface area contributed by atoms with Crippen molar-refractivity contribution in [2.45, 2.75) is 71.3 Å². The number of nitrogens with zero attached hydrogens (tertiary/aromatic N) is 2. The highest BCUT2D eigenvalue weighted by molar-refractivity contribution is 5.35. The molecule has 1 aromatic heterocycles. The molecular weight excluding hydrogens is 222 g/mol. The van der Waals surface area contributed by atoms with Crippen molar-refractivity contribution in [2.24, 2.45) is 0 Å². The van der Waals surface area contributed by atoms with E-state index in [1.807, 2.05) is 0 Å². The molecule has 0 unspecified atom stereocenters. The maximum absolute atomic E-state index is 4.68. The molecule has 1 heterocycles. The topological polar surface area (TPSA) is 37.8 Å². The molecule has 0 aromatic carbocycles. The Hall–Kier alpha value is -1.12. The zero-order valence-corrected chi connectivity index (χ0v) is 12.5. The van der Waals surface area contributed by atoms with E-state index in [0.717, 1.165) is 17.3 Å². The van der Waals surface area contributed by atoms with Gasteiger partial charge in [0.25, 0.3) is 0 Å². The third-order valence-corrected chi connectivity index (χ3v) is 3.17. The molecule has 1 aliphatic rings. The number of hydrogen-bond acceptors (Lipinski definition) is 3. The van der Waals surface area contributed by atoms with Gasteiger partial charge in [0, 0.05) is 16.9 Å². The molecule has 3 nitrogen and oxygen atoms in total. The minimum absolute atomic E-state index is 0.0585. The highest BCUT2D eigenvalue weighted by atomic mass is 15.1. The summed E-state index contributed by atoms with van der Waals surface area (Å²) in [7, 11) is 0. The normalized spacial score (nSPS) is 16.8. The number of rotatable bonds is 2. The van der Waals surface area contributed by atoms with Crippen molar-refractivity contribution in [3.63, 3.8) is 0 Å². The second kappa shape index (κ2) is 4.22. The van der Waals surface area contributed by atoms with E-state index >= 15 is 0 Å². The van der Waals surface area contributed by atoms with E-state index in [0.29, 0.717) is 6.04 Å². The summed E-state index contributed by atoms with van der Waals surface area (Å²) in [5, 5.41) is 3.42. The van der Waals surface area contributed by atoms with Crippen LogP contribution in [0.1, 0.15) is 65.8 Å². The Bertz CT molecular complexity index is 402. The maximum Gasteiger partial charge on any atom is 0.223 e. The molecule has 2 rings (SSSR count). The van der Waals surface area contributed by atoms with Gasteiger partial charge in [-0.1, -0.05) is 41.5 Å². The van der Waals surface area contributed by atoms with Crippen LogP contribution in [-0.4, -0.2) is 16.0 Å². The smallest absolute Gasteiger partial charge is 0.223 e. The van der Waals surface area contributed by atoms with Gasteiger partial charge in [0.1, 0.15) is 0 Å². The summed E-state index contributed by atoms with van der Waals surface area (Å²) in [6, 6.07) is 2.74. The van der Waals surface area contributed by atoms with Gasteiger partial charge in [-0.05, 0) is 18.9 Å². The lowest BCUT2D eigenvalue weighted by Gasteiger charge is -2.24. The Labute approximate surface area is 110 Å². The molecule has 1 saturated carbocycles. The monoisotopic (exact) mass is 247 g/mol. The molecule has 3 heteroatoms. The average Bonchev–Trinajstić information content (AvgIpc) is 2.98. The van der Waals surface area contributed by atoms with Gasteiger partial charge in [-0.3, -0.25) is 0 Å². The molecular formula is C15H25N3. The fourth-order valence-corrected chi connectivity index (χ4v) is 1.69. The Kier molecular flexibility index (Phi) is 3.12. The van der Waals surface area contributed by atoms with E-state index in [2.05, 4.69) is 62.9 Å². The standard InChI is InChI=1S/C15H25N3/c1-14(2,3)11-9-12(15(4,5)6)18-13(17-11)16-10-7-8-10/h9-10H,7-8H2,1-6H3,(H,16,17,18). The lowest BCUT2D eigenvalue weighted by molar-refractivity contribution is 0.539. The molecule has 1 aromatic rings. The van der Waals surface area contributed by atoms with Crippen LogP contribution in [-0.2, 0) is 10.8 Å². The molecule has 0 bridgehead atoms. The van der Waals surface area contributed by atoms with Crippen molar-refractivity contribution in [1.82, 2.24) is 9.97 Å². The van der Waals surface area contributed by atoms with Crippen LogP contribution in [0.5, 0.6) is 0 Å². The van der Waals surface area contributed by atoms with E-state index in [1.54, 1.807) is 0 Å². The van der Waals surface area contributed by atoms with Gasteiger partial charge in [0.15, 0.2) is 0 Å². The number of anilines is 1. The summed E-state index contributed by atoms with van der Waals surface area (Å²) in [5.74, 6) is 0.801. The van der Waals surface area contributed by atoms with E-state index in [9.17, 15) is 0 Å². The van der Waals surface area contributed by atoms with Crippen LogP contribution in [0.3, 0.4) is 0 Å². The maximum atomic E-state index is 4.68. The lowest BCUT2D eigenvalue weighted by Crippen LogP contribution is -2.21. The highest BCUT2D eigenvalue weighted by Crippen LogP contribution is 2.29. The van der Waals surface area contributed by atoms with Crippen molar-refractivity contribution in [1.29, 1.82) is 0 Å². The van der Waals surface area contributed by atoms with E-state index in [-0.39, 0.29) is 10.8 Å². The minimum Gasteiger partial charge on any atom is -0.351 e. The van der Waals surface area contributed by atoms with Crippen LogP contribution in [0, 0.1) is 0 Å². The summed E-state index contributed by atoms with van der Waals surface area (Å²) in [6.07, 6.45) is 2.49. The second-order valence-electron chi connectivity index (χ2n) is 7.38. The molecule has 0 aliphatic heterocycles. The molecule has 0 saturated heterocycles. The van der Waals surface area contributed by atoms with Crippen LogP contribution in [0.15, 0.2) is 6.07 Å². The third kappa shape index (κ3) is 3.21. The number of aromatic nitrogens is 2. The van der Waals surface area contributed by atoms with Crippen LogP contribution < -0.4 is 5.32 Å². The van der Waals surface area contributed by atoms with Gasteiger partial charge < -0.3 is 5.32 Å². The SMILES string of the molecule is CC(C)(C)c1cc(C(C)(C)C)nc(NC2CC2)n1. The zero-order chi connectivity index (χ0) is 13.6. The molecule has 18 heavy (non-hydrogen) atoms. The Balaban J connectivity index is 2.40. The molecule has 100 valence electrons. The van der Waals surface area contributed by atoms with Gasteiger partial charge in [0.2, 0.25) is 5.95 Å². The summed E-state index contributed by atoms with van der Waals surface area (Å²) in [4.78, 5) is 9.35. The third-order valence-electron chi connectivity index (χ3n) is 3.17. The van der Waals surface area contributed by atoms with E-state index < -0.39 is 0 Å². The van der Waals surface area contributed by atoms with Crippen molar-refractivity contribution in [2.75, 3.05) is 5.32 Å². The second-order valence-corrected chi connectivity index (χ2v) is 7.38. The molecule has 1 aliphatic carbocycles. The van der Waals surface area contributed by atoms with Crippen molar-refractivity contribution in [3.8, 4) is 0 Å². The molecule has 0 radical (unpaired) electrons. The van der Waals surface area contributed by atoms with Crippen molar-refractivity contribution >= 4 is 5.95 Å². The van der Waals surface area contributed by atoms with Crippen molar-refractivity contribution < 1.29 is 0 Å². The first kappa shape index (κ1) is 13.3. The first-order valence-corrected chi connectivity index (χ1v) is 6.83. The van der Waals surface area contributed by atoms with Crippen LogP contribution in [0.4, 0.5) is 5.95 Å². The van der Waals surface area contributed by atoms with Gasteiger partial charge in [0.05, 0.1) is 11.4 Å². The molecule has 0 atom stereocenters. The summed E-state index contributed by atoms with van der Waals surface area (Å²) >= 11 is 0. The average molecular weight is 247 g/mol. The molecule has 1 fully saturated rings. The summed E-state index contributed by atoms with van der Waals surface area (Å²) in [6.45, 7) is 13.2. The predicted molar refractivity (Wildman–Crippen MR) is 76.1 cm³/mol. The van der Waals surface area contributed by atoms with Gasteiger partial charge >= 0.3 is 0 Å². The van der Waals surface area contributed by atoms with E-state index in [1.165, 1.54) is 12.8 Å². The van der Waals surface area contributed by atoms with Crippen LogP contribution >= 0.6 is 0 Å². The van der Waals surface area contributed by atoms with Crippen LogP contribution in [0.25, 0.3) is 0 Å². The lowest BCUT2D eigenvalue weighted by atomic mass is 9.87. The first-order chi connectivity index (χ1) is 8.16. The summed E-state index contributed by atoms with van der Waals surface area (Å²) < 4.78 is 0. The molecule has 0 spiro atoms. The molecule has 1 N–H and O–H groups in total. The highest BCUT2D eigenvalue weighted by Gasteiger charge is 2.26. The largest absolute Gasteiger partial charge is 0.351 e. The minimum atomic E-state index is 0.0585. The van der Waals surface area contributed by atoms with Gasteiger partial charge in [-0.15, -0.1) is 0 Å². The Morgan fingerprint density at radius 2 is 1.39 bits per heavy atom. The predicted octanol–water partition coefficient (Wildman–Crippen LogP) is 3.65. The quantitative estimate of drug-likeness (QED) is 0.867. The van der Waals surface area contributed by atoms with E-state index in [4.69, 9.17) is 0 Å². The fourth-order valence-electron chi connectivity index (χ4n) is 1.69. The van der Waals surface area contributed by atoms with Crippen molar-refractivity contribution in [3.05, 3.63) is 17.5 Å².